The quantitative estimate of drug-likeness (QED) is 0.270. The Morgan fingerprint density at radius 3 is 2.50 bits per heavy atom. The molecule has 0 atom stereocenters. The molecule has 1 fully saturated rings. The van der Waals surface area contributed by atoms with E-state index in [2.05, 4.69) is 33.0 Å². The molecule has 0 saturated carbocycles. The molecule has 2 aromatic carbocycles. The van der Waals surface area contributed by atoms with Crippen molar-refractivity contribution in [3.05, 3.63) is 59.2 Å². The van der Waals surface area contributed by atoms with Crippen molar-refractivity contribution in [1.82, 2.24) is 10.6 Å². The Bertz CT molecular complexity index is 823. The predicted octanol–water partition coefficient (Wildman–Crippen LogP) is 3.89. The van der Waals surface area contributed by atoms with E-state index in [9.17, 15) is 9.59 Å². The number of alkyl halides is 1. The molecule has 0 bridgehead atoms. The molecule has 1 saturated heterocycles. The van der Waals surface area contributed by atoms with Gasteiger partial charge in [-0.3, -0.25) is 9.59 Å². The third-order valence-corrected chi connectivity index (χ3v) is 5.19. The van der Waals surface area contributed by atoms with Gasteiger partial charge >= 0.3 is 0 Å². The first-order valence-electron chi connectivity index (χ1n) is 10.2. The summed E-state index contributed by atoms with van der Waals surface area (Å²) in [5.41, 5.74) is 4.76. The van der Waals surface area contributed by atoms with Gasteiger partial charge in [-0.25, -0.2) is 0 Å². The molecule has 0 unspecified atom stereocenters. The third kappa shape index (κ3) is 7.35. The number of nitrogens with one attached hydrogen (secondary N) is 3. The van der Waals surface area contributed by atoms with Crippen molar-refractivity contribution in [3.63, 3.8) is 0 Å². The average Bonchev–Trinajstić information content (AvgIpc) is 2.80. The van der Waals surface area contributed by atoms with Gasteiger partial charge in [0.1, 0.15) is 0 Å². The van der Waals surface area contributed by atoms with Crippen molar-refractivity contribution in [2.75, 3.05) is 37.0 Å². The summed E-state index contributed by atoms with van der Waals surface area (Å²) in [7, 11) is 1.76. The number of hydrogen-bond donors (Lipinski definition) is 3. The molecule has 1 aliphatic heterocycles. The van der Waals surface area contributed by atoms with Gasteiger partial charge in [-0.2, -0.15) is 0 Å². The van der Waals surface area contributed by atoms with Crippen molar-refractivity contribution in [2.45, 2.75) is 32.1 Å². The maximum atomic E-state index is 12.5. The van der Waals surface area contributed by atoms with Crippen LogP contribution < -0.4 is 20.9 Å². The molecule has 3 N–H and O–H groups in total. The van der Waals surface area contributed by atoms with Crippen LogP contribution in [0.2, 0.25) is 0 Å². The van der Waals surface area contributed by atoms with Gasteiger partial charge in [-0.1, -0.05) is 12.1 Å². The Morgan fingerprint density at radius 2 is 1.90 bits per heavy atom. The first kappa shape index (κ1) is 23.7. The first-order chi connectivity index (χ1) is 14.6. The van der Waals surface area contributed by atoms with Crippen LogP contribution in [0.25, 0.3) is 0 Å². The molecule has 7 heteroatoms. The normalized spacial score (nSPS) is 13.1. The van der Waals surface area contributed by atoms with E-state index in [1.54, 1.807) is 7.05 Å². The molecule has 30 heavy (non-hydrogen) atoms. The van der Waals surface area contributed by atoms with Gasteiger partial charge in [-0.15, -0.1) is 11.6 Å². The molecular weight excluding hydrogens is 400 g/mol. The lowest BCUT2D eigenvalue weighted by molar-refractivity contribution is -0.109. The van der Waals surface area contributed by atoms with E-state index in [0.29, 0.717) is 24.5 Å². The highest BCUT2D eigenvalue weighted by Gasteiger charge is 2.13. The van der Waals surface area contributed by atoms with Crippen LogP contribution in [0.1, 0.15) is 40.7 Å². The smallest absolute Gasteiger partial charge is 0.255 e. The highest BCUT2D eigenvalue weighted by Crippen LogP contribution is 2.25. The number of nitrogens with zero attached hydrogens (tertiary/aromatic N) is 1. The summed E-state index contributed by atoms with van der Waals surface area (Å²) in [5.74, 6) is 0.306. The number of carbonyl (C=O) groups excluding carboxylic acids is 2. The van der Waals surface area contributed by atoms with Gasteiger partial charge in [0.05, 0.1) is 6.67 Å². The molecule has 162 valence electrons. The number of carbonyl (C=O) groups is 2. The summed E-state index contributed by atoms with van der Waals surface area (Å²) >= 11 is 5.84. The fourth-order valence-electron chi connectivity index (χ4n) is 3.27. The van der Waals surface area contributed by atoms with Crippen LogP contribution in [0.3, 0.4) is 0 Å². The van der Waals surface area contributed by atoms with Gasteiger partial charge in [-0.05, 0) is 74.7 Å². The molecule has 1 aliphatic rings. The topological polar surface area (TPSA) is 73.5 Å². The molecule has 3 rings (SSSR count). The Balaban J connectivity index is 0.000000469. The minimum atomic E-state index is -0.101. The zero-order valence-electron chi connectivity index (χ0n) is 17.7. The second-order valence-electron chi connectivity index (χ2n) is 7.19. The van der Waals surface area contributed by atoms with Crippen LogP contribution in [-0.2, 0) is 10.7 Å². The van der Waals surface area contributed by atoms with E-state index in [4.69, 9.17) is 11.6 Å². The predicted molar refractivity (Wildman–Crippen MR) is 124 cm³/mol. The lowest BCUT2D eigenvalue weighted by Gasteiger charge is -2.29. The van der Waals surface area contributed by atoms with Crippen molar-refractivity contribution in [3.8, 4) is 0 Å². The van der Waals surface area contributed by atoms with E-state index in [1.165, 1.54) is 24.9 Å². The van der Waals surface area contributed by atoms with E-state index in [-0.39, 0.29) is 5.91 Å². The lowest BCUT2D eigenvalue weighted by atomic mass is 10.1. The summed E-state index contributed by atoms with van der Waals surface area (Å²) in [6, 6.07) is 13.7. The Labute approximate surface area is 184 Å². The van der Waals surface area contributed by atoms with Crippen LogP contribution in [0.5, 0.6) is 0 Å². The fourth-order valence-corrected chi connectivity index (χ4v) is 3.44. The molecule has 0 radical (unpaired) electrons. The lowest BCUT2D eigenvalue weighted by Crippen LogP contribution is -2.29. The number of rotatable bonds is 7. The number of piperidine rings is 1. The number of aryl methyl sites for hydroxylation is 1. The van der Waals surface area contributed by atoms with Crippen molar-refractivity contribution in [2.24, 2.45) is 0 Å². The van der Waals surface area contributed by atoms with Crippen molar-refractivity contribution in [1.29, 1.82) is 0 Å². The van der Waals surface area contributed by atoms with Crippen LogP contribution in [-0.4, -0.2) is 39.1 Å². The first-order valence-corrected chi connectivity index (χ1v) is 10.8. The summed E-state index contributed by atoms with van der Waals surface area (Å²) < 4.78 is 0. The molecule has 6 nitrogen and oxygen atoms in total. The highest BCUT2D eigenvalue weighted by atomic mass is 35.5. The number of amides is 2. The van der Waals surface area contributed by atoms with Crippen molar-refractivity contribution >= 4 is 35.3 Å². The largest absolute Gasteiger partial charge is 0.372 e. The van der Waals surface area contributed by atoms with Crippen LogP contribution >= 0.6 is 11.6 Å². The van der Waals surface area contributed by atoms with E-state index in [0.717, 1.165) is 29.9 Å². The zero-order valence-corrected chi connectivity index (χ0v) is 18.5. The van der Waals surface area contributed by atoms with Crippen molar-refractivity contribution < 1.29 is 9.59 Å². The van der Waals surface area contributed by atoms with Gasteiger partial charge in [0.25, 0.3) is 5.91 Å². The van der Waals surface area contributed by atoms with Crippen LogP contribution in [0.4, 0.5) is 11.4 Å². The maximum Gasteiger partial charge on any atom is 0.255 e. The average molecular weight is 431 g/mol. The minimum Gasteiger partial charge on any atom is -0.372 e. The molecule has 1 heterocycles. The number of halogens is 1. The van der Waals surface area contributed by atoms with E-state index in [1.807, 2.05) is 37.3 Å². The highest BCUT2D eigenvalue weighted by molar-refractivity contribution is 6.17. The number of benzene rings is 2. The molecule has 0 aliphatic carbocycles. The molecule has 0 aromatic heterocycles. The van der Waals surface area contributed by atoms with Gasteiger partial charge in [0.15, 0.2) is 0 Å². The summed E-state index contributed by atoms with van der Waals surface area (Å²) in [6.45, 7) is 4.83. The maximum absolute atomic E-state index is 12.5. The fraction of sp³-hybridized carbons (Fsp3) is 0.391. The summed E-state index contributed by atoms with van der Waals surface area (Å²) in [5, 5.41) is 8.14. The minimum absolute atomic E-state index is 0.101. The number of hydrogen-bond acceptors (Lipinski definition) is 4. The standard InChI is InChI=1S/C20H23ClN2O.C3H8N2O/c1-15-12-18(23-10-3-2-4-11-23)8-9-19(15)22-20(24)17-7-5-6-16(13-17)14-21;1-4-2-5-3-6/h5-9,12-13H,2-4,10-11,14H2,1H3,(H,22,24);3-4H,2H2,1H3,(H,5,6). The monoisotopic (exact) mass is 430 g/mol. The van der Waals surface area contributed by atoms with Gasteiger partial charge in [0, 0.05) is 35.9 Å². The van der Waals surface area contributed by atoms with Crippen LogP contribution in [0, 0.1) is 6.92 Å². The molecular formula is C23H31ClN4O2. The summed E-state index contributed by atoms with van der Waals surface area (Å²) in [6.07, 6.45) is 4.49. The second-order valence-corrected chi connectivity index (χ2v) is 7.45. The molecule has 2 amide bonds. The van der Waals surface area contributed by atoms with E-state index >= 15 is 0 Å². The number of anilines is 2. The second kappa shape index (κ2) is 12.9. The Hall–Kier alpha value is -2.57. The van der Waals surface area contributed by atoms with E-state index < -0.39 is 0 Å². The Kier molecular flexibility index (Phi) is 10.2. The Morgan fingerprint density at radius 1 is 1.13 bits per heavy atom. The van der Waals surface area contributed by atoms with Gasteiger partial charge in [0.2, 0.25) is 6.41 Å². The molecule has 2 aromatic rings. The molecule has 0 spiro atoms. The SMILES string of the molecule is CNCNC=O.Cc1cc(N2CCCCC2)ccc1NC(=O)c1cccc(CCl)c1. The van der Waals surface area contributed by atoms with Gasteiger partial charge < -0.3 is 20.9 Å². The third-order valence-electron chi connectivity index (χ3n) is 4.89. The summed E-state index contributed by atoms with van der Waals surface area (Å²) in [4.78, 5) is 24.3. The zero-order chi connectivity index (χ0) is 21.8. The van der Waals surface area contributed by atoms with Crippen LogP contribution in [0.15, 0.2) is 42.5 Å².